The van der Waals surface area contributed by atoms with Crippen LogP contribution in [-0.4, -0.2) is 120 Å². The monoisotopic (exact) mass is 1130 g/mol. The number of allylic oxidation sites excluding steroid dienone is 1. The maximum Gasteiger partial charge on any atom is 0.274 e. The lowest BCUT2D eigenvalue weighted by molar-refractivity contribution is -0.347. The van der Waals surface area contributed by atoms with E-state index in [1.54, 1.807) is 38.1 Å². The Morgan fingerprint density at radius 1 is 0.920 bits per heavy atom. The Morgan fingerprint density at radius 3 is 2.07 bits per heavy atom. The van der Waals surface area contributed by atoms with Gasteiger partial charge in [-0.25, -0.2) is 19.3 Å². The van der Waals surface area contributed by atoms with Crippen LogP contribution >= 0.6 is 35.2 Å². The Labute approximate surface area is 434 Å². The molecule has 2 amide bonds. The maximum atomic E-state index is 12.6. The summed E-state index contributed by atoms with van der Waals surface area (Å²) in [6, 6.07) is 7.12. The van der Waals surface area contributed by atoms with E-state index in [2.05, 4.69) is 43.5 Å². The minimum absolute atomic E-state index is 0.0291. The predicted molar refractivity (Wildman–Crippen MR) is 262 cm³/mol. The number of anilines is 1. The molecule has 31 heteroatoms. The third-order valence-electron chi connectivity index (χ3n) is 11.0. The van der Waals surface area contributed by atoms with Crippen molar-refractivity contribution in [2.75, 3.05) is 37.8 Å². The number of hydrogen-bond acceptors (Lipinski definition) is 25. The number of aromatic hydroxyl groups is 2. The fourth-order valence-electron chi connectivity index (χ4n) is 7.11. The van der Waals surface area contributed by atoms with E-state index in [9.17, 15) is 72.9 Å². The Hall–Kier alpha value is -5.25. The van der Waals surface area contributed by atoms with Crippen LogP contribution in [0.3, 0.4) is 0 Å². The maximum absolute atomic E-state index is 12.6. The fourth-order valence-corrected chi connectivity index (χ4v) is 10.4. The molecule has 7 unspecified atom stereocenters. The van der Waals surface area contributed by atoms with Crippen molar-refractivity contribution < 1.29 is 95.5 Å². The molecule has 0 radical (unpaired) electrons. The molecule has 0 aliphatic carbocycles. The largest absolute Gasteiger partial charge is 0.790 e. The van der Waals surface area contributed by atoms with E-state index in [0.717, 1.165) is 57.5 Å². The molecule has 1 aliphatic heterocycles. The smallest absolute Gasteiger partial charge is 0.274 e. The van der Waals surface area contributed by atoms with Crippen molar-refractivity contribution in [1.82, 2.24) is 30.2 Å². The van der Waals surface area contributed by atoms with Gasteiger partial charge < -0.3 is 79.2 Å². The van der Waals surface area contributed by atoms with E-state index in [0.29, 0.717) is 16.9 Å². The van der Waals surface area contributed by atoms with Crippen LogP contribution in [-0.2, 0) is 61.2 Å². The molecule has 8 N–H and O–H groups in total. The van der Waals surface area contributed by atoms with Gasteiger partial charge in [-0.3, -0.25) is 32.9 Å². The first kappa shape index (κ1) is 62.3. The van der Waals surface area contributed by atoms with Gasteiger partial charge in [0.1, 0.15) is 54.0 Å². The Kier molecular flexibility index (Phi) is 21.8. The van der Waals surface area contributed by atoms with E-state index in [1.807, 2.05) is 26.0 Å². The quantitative estimate of drug-likeness (QED) is 0.0231. The number of aliphatic hydroxyl groups is 2. The van der Waals surface area contributed by atoms with Crippen LogP contribution in [0.2, 0.25) is 0 Å². The third-order valence-corrected chi connectivity index (χ3v) is 14.9. The summed E-state index contributed by atoms with van der Waals surface area (Å²) in [4.78, 5) is 107. The second-order valence-electron chi connectivity index (χ2n) is 17.5. The molecule has 2 aromatic carbocycles. The topological polar surface area (TPSA) is 432 Å². The number of thioether (sulfide) groups is 1. The van der Waals surface area contributed by atoms with Crippen molar-refractivity contribution in [3.8, 4) is 11.5 Å². The van der Waals surface area contributed by atoms with Crippen molar-refractivity contribution in [3.05, 3.63) is 82.5 Å². The summed E-state index contributed by atoms with van der Waals surface area (Å²) >= 11 is 0.953. The predicted octanol–water partition coefficient (Wildman–Crippen LogP) is 0.568. The zero-order chi connectivity index (χ0) is 56.3. The number of aryl methyl sites for hydroxylation is 4. The van der Waals surface area contributed by atoms with Crippen LogP contribution in [0.4, 0.5) is 5.82 Å². The van der Waals surface area contributed by atoms with Gasteiger partial charge >= 0.3 is 0 Å². The van der Waals surface area contributed by atoms with Crippen molar-refractivity contribution in [3.63, 3.8) is 0 Å². The number of nitrogens with one attached hydrogen (secondary N) is 2. The number of phosphoric ester groups is 3. The number of phenols is 2. The van der Waals surface area contributed by atoms with Gasteiger partial charge in [0.2, 0.25) is 16.9 Å². The second-order valence-corrected chi connectivity index (χ2v) is 22.7. The highest BCUT2D eigenvalue weighted by molar-refractivity contribution is 8.14. The zero-order valence-corrected chi connectivity index (χ0v) is 44.8. The van der Waals surface area contributed by atoms with Gasteiger partial charge in [-0.15, -0.1) is 0 Å². The van der Waals surface area contributed by atoms with Gasteiger partial charge in [0.15, 0.2) is 17.2 Å². The Balaban J connectivity index is 0.000000813. The number of aromatic nitrogens is 4. The normalized spacial score (nSPS) is 20.0. The number of ether oxygens (including phenoxy) is 1. The molecule has 4 aromatic rings. The van der Waals surface area contributed by atoms with Gasteiger partial charge in [0.25, 0.3) is 15.6 Å². The van der Waals surface area contributed by atoms with Crippen LogP contribution in [0.15, 0.2) is 49.1 Å². The SMILES string of the molecule is Cc1cc(/C=C/C(=O)SCCNC(=O)CCNC(=O)C(O)C(C)(C)COP(=O)([O-])OP(=O)([O-])OCC2OC(C)(n3cnc4c(N)ncnc43)C(O)C2OP(=O)([O-])[O-])cc(C)c1O.Cc1cc(/C=C/C=O)cc(C)c1O. The summed E-state index contributed by atoms with van der Waals surface area (Å²) in [5.74, 6) is -0.882. The number of nitrogens with zero attached hydrogens (tertiary/aromatic N) is 4. The molecule has 0 saturated carbocycles. The molecule has 0 bridgehead atoms. The van der Waals surface area contributed by atoms with E-state index in [4.69, 9.17) is 10.5 Å². The molecular formula is C44H56N7O20P3S-4. The van der Waals surface area contributed by atoms with Crippen LogP contribution in [0.1, 0.15) is 60.6 Å². The summed E-state index contributed by atoms with van der Waals surface area (Å²) in [6.07, 6.45) is 0.674. The molecule has 1 fully saturated rings. The number of nitrogens with two attached hydrogens (primary N) is 1. The molecule has 5 rings (SSSR count). The number of benzene rings is 2. The molecule has 27 nitrogen and oxygen atoms in total. The number of hydrogen-bond donors (Lipinski definition) is 7. The number of phosphoric acid groups is 3. The van der Waals surface area contributed by atoms with Crippen LogP contribution in [0.25, 0.3) is 23.3 Å². The van der Waals surface area contributed by atoms with Crippen LogP contribution in [0.5, 0.6) is 11.5 Å². The molecule has 1 saturated heterocycles. The Morgan fingerprint density at radius 2 is 1.49 bits per heavy atom. The van der Waals surface area contributed by atoms with Gasteiger partial charge in [-0.1, -0.05) is 37.8 Å². The average molecular weight is 1130 g/mol. The van der Waals surface area contributed by atoms with E-state index in [1.165, 1.54) is 32.9 Å². The van der Waals surface area contributed by atoms with Gasteiger partial charge in [-0.05, 0) is 104 Å². The summed E-state index contributed by atoms with van der Waals surface area (Å²) < 4.78 is 61.2. The molecule has 1 aliphatic rings. The van der Waals surface area contributed by atoms with E-state index >= 15 is 0 Å². The number of carbonyl (C=O) groups excluding carboxylic acids is 4. The number of amides is 2. The van der Waals surface area contributed by atoms with Gasteiger partial charge in [0.05, 0.1) is 27.4 Å². The van der Waals surface area contributed by atoms with Gasteiger partial charge in [0, 0.05) is 30.7 Å². The lowest BCUT2D eigenvalue weighted by atomic mass is 9.87. The first-order chi connectivity index (χ1) is 34.8. The summed E-state index contributed by atoms with van der Waals surface area (Å²) in [5.41, 5.74) is 6.63. The highest BCUT2D eigenvalue weighted by Gasteiger charge is 2.55. The van der Waals surface area contributed by atoms with Crippen molar-refractivity contribution in [1.29, 1.82) is 0 Å². The molecule has 75 heavy (non-hydrogen) atoms. The summed E-state index contributed by atoms with van der Waals surface area (Å²) in [7, 11) is -17.7. The lowest BCUT2D eigenvalue weighted by Crippen LogP contribution is -2.46. The van der Waals surface area contributed by atoms with Crippen molar-refractivity contribution in [2.24, 2.45) is 5.41 Å². The van der Waals surface area contributed by atoms with Crippen molar-refractivity contribution >= 4 is 87.6 Å². The van der Waals surface area contributed by atoms with Crippen LogP contribution in [0, 0.1) is 33.1 Å². The zero-order valence-electron chi connectivity index (χ0n) is 41.3. The molecule has 2 aromatic heterocycles. The number of phenolic OH excluding ortho intramolecular Hbond substituents is 2. The molecule has 412 valence electrons. The first-order valence-electron chi connectivity index (χ1n) is 22.2. The molecule has 3 heterocycles. The van der Waals surface area contributed by atoms with E-state index < -0.39 is 84.1 Å². The lowest BCUT2D eigenvalue weighted by Gasteiger charge is -2.36. The second kappa shape index (κ2) is 26.2. The number of imidazole rings is 1. The first-order valence-corrected chi connectivity index (χ1v) is 27.6. The average Bonchev–Trinajstić information content (AvgIpc) is 3.87. The van der Waals surface area contributed by atoms with Crippen molar-refractivity contribution in [2.45, 2.75) is 85.0 Å². The number of rotatable bonds is 23. The number of aldehydes is 1. The highest BCUT2D eigenvalue weighted by Crippen LogP contribution is 2.57. The number of aliphatic hydroxyl groups excluding tert-OH is 2. The minimum Gasteiger partial charge on any atom is -0.790 e. The summed E-state index contributed by atoms with van der Waals surface area (Å²) in [5, 5.41) is 45.6. The molecule has 0 spiro atoms. The Bertz CT molecular complexity index is 2890. The minimum atomic E-state index is -5.95. The fraction of sp³-hybridized carbons (Fsp3) is 0.432. The number of nitrogen functional groups attached to an aromatic ring is 1. The molecular weight excluding hydrogens is 1070 g/mol. The highest BCUT2D eigenvalue weighted by atomic mass is 32.2. The van der Waals surface area contributed by atoms with E-state index in [-0.39, 0.29) is 53.1 Å². The number of fused-ring (bicyclic) bond motifs is 1. The standard InChI is InChI=1S/C33H48N7O18P3S.C11H12O2/c1-18-12-20(13-19(2)25(18)43)6-7-23(42)62-11-10-35-22(41)8-9-36-31(46)28(45)32(3,4)15-55-61(52,53)58-60(50,51)54-14-21-26(57-59(47,48)49)27(44)33(5,56-21)40-17-39-24-29(34)37-16-38-30(24)40;1-8-6-10(4-3-5-12)7-9(2)11(8)13/h6-7,12-13,16-17,21,26-28,43-45H,8-11,14-15H2,1-5H3,(H,35,41)(H,36,46)(H,50,51)(H,52,53)(H2,34,37,38)(H2,47,48,49);3-7,13H,1-2H3/p-4/b7-6+;4-3+. The van der Waals surface area contributed by atoms with Crippen LogP contribution < -0.4 is 35.9 Å². The summed E-state index contributed by atoms with van der Waals surface area (Å²) in [6.45, 7) is 8.24. The van der Waals surface area contributed by atoms with Gasteiger partial charge in [-0.2, -0.15) is 0 Å². The third kappa shape index (κ3) is 17.9. The number of carbonyl (C=O) groups is 4. The molecule has 7 atom stereocenters.